The van der Waals surface area contributed by atoms with Gasteiger partial charge in [0, 0.05) is 0 Å². The van der Waals surface area contributed by atoms with Crippen molar-refractivity contribution in [2.75, 3.05) is 6.61 Å². The highest BCUT2D eigenvalue weighted by Crippen LogP contribution is 2.43. The third-order valence-electron chi connectivity index (χ3n) is 0.888. The van der Waals surface area contributed by atoms with E-state index < -0.39 is 15.4 Å². The van der Waals surface area contributed by atoms with Crippen LogP contribution in [-0.4, -0.2) is 22.0 Å². The van der Waals surface area contributed by atoms with E-state index in [2.05, 4.69) is 4.74 Å². The highest BCUT2D eigenvalue weighted by Gasteiger charge is 2.58. The molecule has 0 aliphatic carbocycles. The van der Waals surface area contributed by atoms with Crippen LogP contribution in [0.3, 0.4) is 0 Å². The highest BCUT2D eigenvalue weighted by molar-refractivity contribution is 9.13. The minimum absolute atomic E-state index is 0.167. The summed E-state index contributed by atoms with van der Waals surface area (Å²) < 4.78 is 37.9. The van der Waals surface area contributed by atoms with E-state index in [1.54, 1.807) is 15.9 Å². The summed E-state index contributed by atoms with van der Waals surface area (Å²) in [5.41, 5.74) is 0. The molecule has 0 saturated heterocycles. The van der Waals surface area contributed by atoms with Crippen LogP contribution in [0.15, 0.2) is 0 Å². The second-order valence-electron chi connectivity index (χ2n) is 1.79. The van der Waals surface area contributed by atoms with Gasteiger partial charge in [-0.25, -0.2) is 9.18 Å². The van der Waals surface area contributed by atoms with Crippen molar-refractivity contribution in [2.45, 2.75) is 16.3 Å². The van der Waals surface area contributed by atoms with Crippen molar-refractivity contribution >= 4 is 37.8 Å². The Morgan fingerprint density at radius 2 is 1.83 bits per heavy atom. The number of carbonyl (C=O) groups excluding carboxylic acids is 1. The Hall–Kier alpha value is 0.220. The van der Waals surface area contributed by atoms with Gasteiger partial charge in [0.1, 0.15) is 0 Å². The molecule has 0 amide bonds. The summed E-state index contributed by atoms with van der Waals surface area (Å²) in [5, 5.41) is 0. The molecule has 0 aliphatic rings. The van der Waals surface area contributed by atoms with E-state index in [9.17, 15) is 18.0 Å². The fourth-order valence-electron chi connectivity index (χ4n) is 0.337. The van der Waals surface area contributed by atoms with Crippen molar-refractivity contribution in [3.63, 3.8) is 0 Å². The van der Waals surface area contributed by atoms with Gasteiger partial charge in [0.05, 0.1) is 6.61 Å². The Morgan fingerprint density at radius 1 is 1.42 bits per heavy atom. The number of ether oxygens (including phenoxy) is 1. The summed E-state index contributed by atoms with van der Waals surface area (Å²) in [6.45, 7) is 1.21. The summed E-state index contributed by atoms with van der Waals surface area (Å²) in [6.07, 6.45) is 0. The lowest BCUT2D eigenvalue weighted by Gasteiger charge is -2.20. The monoisotopic (exact) mass is 312 g/mol. The Balaban J connectivity index is 4.50. The van der Waals surface area contributed by atoms with Crippen LogP contribution in [0.2, 0.25) is 0 Å². The molecule has 2 nitrogen and oxygen atoms in total. The molecule has 1 atom stereocenters. The van der Waals surface area contributed by atoms with Crippen molar-refractivity contribution in [1.82, 2.24) is 0 Å². The third-order valence-corrected chi connectivity index (χ3v) is 2.79. The standard InChI is InChI=1S/C5H5Br2F3O2/c1-2-12-3(11)4(6,8)5(7,9)10/h2H2,1H3. The predicted octanol–water partition coefficient (Wildman–Crippen LogP) is 2.60. The minimum Gasteiger partial charge on any atom is -0.463 e. The second kappa shape index (κ2) is 3.95. The first-order chi connectivity index (χ1) is 5.23. The number of hydrogen-bond acceptors (Lipinski definition) is 2. The first-order valence-electron chi connectivity index (χ1n) is 2.85. The molecule has 0 aliphatic heterocycles. The molecule has 0 aromatic rings. The van der Waals surface area contributed by atoms with Crippen molar-refractivity contribution < 1.29 is 22.7 Å². The van der Waals surface area contributed by atoms with E-state index in [0.29, 0.717) is 0 Å². The lowest BCUT2D eigenvalue weighted by atomic mass is 10.4. The van der Waals surface area contributed by atoms with Crippen molar-refractivity contribution in [2.24, 2.45) is 0 Å². The summed E-state index contributed by atoms with van der Waals surface area (Å²) in [5.74, 6) is -1.66. The Labute approximate surface area is 83.7 Å². The molecule has 12 heavy (non-hydrogen) atoms. The first kappa shape index (κ1) is 12.2. The van der Waals surface area contributed by atoms with E-state index in [4.69, 9.17) is 0 Å². The zero-order valence-corrected chi connectivity index (χ0v) is 9.09. The highest BCUT2D eigenvalue weighted by atomic mass is 79.9. The Morgan fingerprint density at radius 3 is 2.08 bits per heavy atom. The first-order valence-corrected chi connectivity index (χ1v) is 4.43. The smallest absolute Gasteiger partial charge is 0.362 e. The molecular weight excluding hydrogens is 309 g/mol. The molecule has 0 fully saturated rings. The quantitative estimate of drug-likeness (QED) is 0.591. The summed E-state index contributed by atoms with van der Waals surface area (Å²) in [4.78, 5) is 6.56. The Kier molecular flexibility index (Phi) is 4.02. The Bertz CT molecular complexity index is 178. The average Bonchev–Trinajstić information content (AvgIpc) is 1.85. The minimum atomic E-state index is -3.99. The maximum atomic E-state index is 12.8. The van der Waals surface area contributed by atoms with E-state index in [1.165, 1.54) is 6.92 Å². The molecule has 0 aromatic heterocycles. The van der Waals surface area contributed by atoms with Gasteiger partial charge in [-0.15, -0.1) is 0 Å². The number of carbonyl (C=O) groups is 1. The van der Waals surface area contributed by atoms with Gasteiger partial charge in [0.15, 0.2) is 0 Å². The van der Waals surface area contributed by atoms with Crippen LogP contribution in [0.5, 0.6) is 0 Å². The lowest BCUT2D eigenvalue weighted by molar-refractivity contribution is -0.159. The normalized spacial score (nSPS) is 16.8. The molecule has 0 spiro atoms. The van der Waals surface area contributed by atoms with Crippen LogP contribution in [0.1, 0.15) is 6.92 Å². The number of hydrogen-bond donors (Lipinski definition) is 0. The van der Waals surface area contributed by atoms with Crippen LogP contribution < -0.4 is 0 Å². The van der Waals surface area contributed by atoms with Gasteiger partial charge in [-0.1, -0.05) is 0 Å². The molecule has 0 rings (SSSR count). The number of rotatable bonds is 3. The molecular formula is C5H5Br2F3O2. The van der Waals surface area contributed by atoms with E-state index in [1.807, 2.05) is 15.9 Å². The van der Waals surface area contributed by atoms with E-state index in [0.717, 1.165) is 0 Å². The van der Waals surface area contributed by atoms with Crippen LogP contribution >= 0.6 is 31.9 Å². The molecule has 1 unspecified atom stereocenters. The van der Waals surface area contributed by atoms with Crippen molar-refractivity contribution in [3.05, 3.63) is 0 Å². The van der Waals surface area contributed by atoms with Gasteiger partial charge < -0.3 is 4.74 Å². The van der Waals surface area contributed by atoms with Gasteiger partial charge in [-0.05, 0) is 38.8 Å². The van der Waals surface area contributed by atoms with Crippen molar-refractivity contribution in [3.8, 4) is 0 Å². The van der Waals surface area contributed by atoms with Crippen LogP contribution in [0.25, 0.3) is 0 Å². The fraction of sp³-hybridized carbons (Fsp3) is 0.800. The van der Waals surface area contributed by atoms with E-state index in [-0.39, 0.29) is 6.61 Å². The largest absolute Gasteiger partial charge is 0.463 e. The second-order valence-corrected chi connectivity index (χ2v) is 3.88. The van der Waals surface area contributed by atoms with Gasteiger partial charge in [0.25, 0.3) is 0 Å². The number of halogens is 5. The third kappa shape index (κ3) is 2.62. The molecule has 0 N–H and O–H groups in total. The maximum absolute atomic E-state index is 12.8. The van der Waals surface area contributed by atoms with Crippen LogP contribution in [0, 0.1) is 0 Å². The summed E-state index contributed by atoms with van der Waals surface area (Å²) >= 11 is 3.65. The lowest BCUT2D eigenvalue weighted by Crippen LogP contribution is -2.42. The van der Waals surface area contributed by atoms with Crippen LogP contribution in [0.4, 0.5) is 13.2 Å². The van der Waals surface area contributed by atoms with Gasteiger partial charge in [-0.3, -0.25) is 0 Å². The molecule has 72 valence electrons. The van der Waals surface area contributed by atoms with Gasteiger partial charge in [0.2, 0.25) is 0 Å². The molecule has 0 aromatic carbocycles. The van der Waals surface area contributed by atoms with Gasteiger partial charge >= 0.3 is 15.4 Å². The topological polar surface area (TPSA) is 26.3 Å². The van der Waals surface area contributed by atoms with Crippen molar-refractivity contribution in [1.29, 1.82) is 0 Å². The molecule has 0 bridgehead atoms. The predicted molar refractivity (Wildman–Crippen MR) is 43.3 cm³/mol. The average molecular weight is 314 g/mol. The molecule has 0 saturated carbocycles. The molecule has 0 radical (unpaired) electrons. The summed E-state index contributed by atoms with van der Waals surface area (Å²) in [7, 11) is 0. The molecule has 7 heteroatoms. The maximum Gasteiger partial charge on any atom is 0.362 e. The SMILES string of the molecule is CCOC(=O)C(F)(Br)C(F)(F)Br. The van der Waals surface area contributed by atoms with Crippen LogP contribution in [-0.2, 0) is 9.53 Å². The zero-order chi connectivity index (χ0) is 9.99. The zero-order valence-electron chi connectivity index (χ0n) is 5.91. The fourth-order valence-corrected chi connectivity index (χ4v) is 0.614. The number of alkyl halides is 5. The summed E-state index contributed by atoms with van der Waals surface area (Å²) in [6, 6.07) is 0. The van der Waals surface area contributed by atoms with E-state index >= 15 is 0 Å². The van der Waals surface area contributed by atoms with Gasteiger partial charge in [-0.2, -0.15) is 8.78 Å². The number of esters is 1. The molecule has 0 heterocycles.